The Morgan fingerprint density at radius 1 is 1.33 bits per heavy atom. The molecule has 0 amide bonds. The highest BCUT2D eigenvalue weighted by Gasteiger charge is 2.10. The number of ether oxygens (including phenoxy) is 1. The molecule has 0 spiro atoms. The van der Waals surface area contributed by atoms with Crippen LogP contribution in [0.3, 0.4) is 0 Å². The number of rotatable bonds is 5. The van der Waals surface area contributed by atoms with E-state index in [2.05, 4.69) is 22.9 Å². The topological polar surface area (TPSA) is 51.4 Å². The van der Waals surface area contributed by atoms with E-state index in [0.717, 1.165) is 29.2 Å². The van der Waals surface area contributed by atoms with Crippen LogP contribution in [0.15, 0.2) is 36.5 Å². The van der Waals surface area contributed by atoms with Gasteiger partial charge in [-0.15, -0.1) is 0 Å². The van der Waals surface area contributed by atoms with Gasteiger partial charge in [-0.3, -0.25) is 0 Å². The molecule has 0 saturated carbocycles. The Labute approximate surface area is 126 Å². The van der Waals surface area contributed by atoms with Crippen LogP contribution in [0.5, 0.6) is 5.75 Å². The van der Waals surface area contributed by atoms with E-state index >= 15 is 0 Å². The van der Waals surface area contributed by atoms with Gasteiger partial charge in [0, 0.05) is 31.0 Å². The van der Waals surface area contributed by atoms with Crippen LogP contribution in [-0.2, 0) is 6.42 Å². The predicted octanol–water partition coefficient (Wildman–Crippen LogP) is 3.06. The molecule has 2 aromatic rings. The van der Waals surface area contributed by atoms with E-state index in [1.807, 2.05) is 44.4 Å². The van der Waals surface area contributed by atoms with Gasteiger partial charge in [0.1, 0.15) is 11.6 Å². The van der Waals surface area contributed by atoms with Crippen molar-refractivity contribution in [3.8, 4) is 5.75 Å². The van der Waals surface area contributed by atoms with Gasteiger partial charge in [-0.05, 0) is 43.5 Å². The van der Waals surface area contributed by atoms with E-state index in [1.54, 1.807) is 7.11 Å². The summed E-state index contributed by atoms with van der Waals surface area (Å²) < 4.78 is 5.27. The molecule has 2 N–H and O–H groups in total. The molecule has 1 unspecified atom stereocenters. The number of pyridine rings is 1. The molecule has 112 valence electrons. The minimum atomic E-state index is 0.146. The second-order valence-electron chi connectivity index (χ2n) is 5.43. The largest absolute Gasteiger partial charge is 0.497 e. The molecule has 0 aliphatic carbocycles. The Morgan fingerprint density at radius 2 is 2.10 bits per heavy atom. The summed E-state index contributed by atoms with van der Waals surface area (Å²) in [6.07, 6.45) is 2.75. The number of nitrogens with two attached hydrogens (primary N) is 1. The maximum atomic E-state index is 5.84. The highest BCUT2D eigenvalue weighted by molar-refractivity contribution is 5.63. The number of benzene rings is 1. The monoisotopic (exact) mass is 285 g/mol. The highest BCUT2D eigenvalue weighted by atomic mass is 16.5. The van der Waals surface area contributed by atoms with Gasteiger partial charge in [0.2, 0.25) is 0 Å². The molecule has 4 heteroatoms. The number of anilines is 2. The predicted molar refractivity (Wildman–Crippen MR) is 87.4 cm³/mol. The average molecular weight is 285 g/mol. The quantitative estimate of drug-likeness (QED) is 0.917. The van der Waals surface area contributed by atoms with Crippen LogP contribution in [0.4, 0.5) is 11.5 Å². The van der Waals surface area contributed by atoms with Crippen LogP contribution < -0.4 is 15.4 Å². The van der Waals surface area contributed by atoms with Gasteiger partial charge < -0.3 is 15.4 Å². The van der Waals surface area contributed by atoms with Gasteiger partial charge in [-0.2, -0.15) is 0 Å². The minimum Gasteiger partial charge on any atom is -0.497 e. The third kappa shape index (κ3) is 3.73. The average Bonchev–Trinajstić information content (AvgIpc) is 2.46. The van der Waals surface area contributed by atoms with Crippen molar-refractivity contribution in [3.05, 3.63) is 47.7 Å². The van der Waals surface area contributed by atoms with Crippen molar-refractivity contribution in [3.63, 3.8) is 0 Å². The third-order valence-corrected chi connectivity index (χ3v) is 3.42. The van der Waals surface area contributed by atoms with E-state index in [4.69, 9.17) is 10.5 Å². The number of hydrogen-bond donors (Lipinski definition) is 1. The molecule has 1 aromatic heterocycles. The normalized spacial score (nSPS) is 12.0. The lowest BCUT2D eigenvalue weighted by Crippen LogP contribution is -2.18. The molecule has 0 aliphatic rings. The lowest BCUT2D eigenvalue weighted by molar-refractivity contribution is 0.415. The molecule has 0 aliphatic heterocycles. The van der Waals surface area contributed by atoms with Crippen LogP contribution in [0.1, 0.15) is 18.1 Å². The van der Waals surface area contributed by atoms with Crippen molar-refractivity contribution in [2.24, 2.45) is 5.73 Å². The molecule has 0 saturated heterocycles. The number of aryl methyl sites for hydroxylation is 1. The van der Waals surface area contributed by atoms with Gasteiger partial charge in [-0.1, -0.05) is 12.1 Å². The van der Waals surface area contributed by atoms with Crippen LogP contribution >= 0.6 is 0 Å². The smallest absolute Gasteiger partial charge is 0.135 e. The maximum Gasteiger partial charge on any atom is 0.135 e. The summed E-state index contributed by atoms with van der Waals surface area (Å²) in [5, 5.41) is 0. The lowest BCUT2D eigenvalue weighted by Gasteiger charge is -2.21. The van der Waals surface area contributed by atoms with Gasteiger partial charge in [0.15, 0.2) is 0 Å². The summed E-state index contributed by atoms with van der Waals surface area (Å²) in [5.41, 5.74) is 9.20. The highest BCUT2D eigenvalue weighted by Crippen LogP contribution is 2.27. The Balaban J connectivity index is 2.28. The molecule has 21 heavy (non-hydrogen) atoms. The zero-order valence-electron chi connectivity index (χ0n) is 13.1. The Kier molecular flexibility index (Phi) is 4.81. The van der Waals surface area contributed by atoms with Crippen LogP contribution in [0.25, 0.3) is 0 Å². The van der Waals surface area contributed by atoms with Gasteiger partial charge in [0.25, 0.3) is 0 Å². The number of aromatic nitrogens is 1. The summed E-state index contributed by atoms with van der Waals surface area (Å²) in [7, 11) is 3.68. The third-order valence-electron chi connectivity index (χ3n) is 3.42. The second-order valence-corrected chi connectivity index (χ2v) is 5.43. The summed E-state index contributed by atoms with van der Waals surface area (Å²) in [6.45, 7) is 4.08. The first-order valence-corrected chi connectivity index (χ1v) is 7.10. The Hall–Kier alpha value is -2.07. The van der Waals surface area contributed by atoms with Crippen molar-refractivity contribution in [2.45, 2.75) is 26.3 Å². The zero-order valence-corrected chi connectivity index (χ0v) is 13.1. The van der Waals surface area contributed by atoms with Gasteiger partial charge >= 0.3 is 0 Å². The SMILES string of the molecule is COc1cccc(N(C)c2ncc(CC(C)N)cc2C)c1. The Morgan fingerprint density at radius 3 is 2.71 bits per heavy atom. The standard InChI is InChI=1S/C17H23N3O/c1-12-8-14(9-13(2)18)11-19-17(12)20(3)15-6-5-7-16(10-15)21-4/h5-8,10-11,13H,9,18H2,1-4H3. The summed E-state index contributed by atoms with van der Waals surface area (Å²) >= 11 is 0. The molecular formula is C17H23N3O. The van der Waals surface area contributed by atoms with E-state index in [9.17, 15) is 0 Å². The lowest BCUT2D eigenvalue weighted by atomic mass is 10.1. The summed E-state index contributed by atoms with van der Waals surface area (Å²) in [4.78, 5) is 6.66. The van der Waals surface area contributed by atoms with E-state index < -0.39 is 0 Å². The van der Waals surface area contributed by atoms with Crippen molar-refractivity contribution >= 4 is 11.5 Å². The zero-order chi connectivity index (χ0) is 15.4. The molecule has 1 heterocycles. The fourth-order valence-corrected chi connectivity index (χ4v) is 2.40. The summed E-state index contributed by atoms with van der Waals surface area (Å²) in [6, 6.07) is 10.3. The summed E-state index contributed by atoms with van der Waals surface area (Å²) in [5.74, 6) is 1.78. The molecule has 0 bridgehead atoms. The number of nitrogens with zero attached hydrogens (tertiary/aromatic N) is 2. The molecule has 0 fully saturated rings. The van der Waals surface area contributed by atoms with E-state index in [0.29, 0.717) is 0 Å². The van der Waals surface area contributed by atoms with E-state index in [1.165, 1.54) is 5.56 Å². The van der Waals surface area contributed by atoms with Crippen molar-refractivity contribution in [1.29, 1.82) is 0 Å². The van der Waals surface area contributed by atoms with Crippen LogP contribution in [-0.4, -0.2) is 25.2 Å². The second kappa shape index (κ2) is 6.59. The molecule has 2 rings (SSSR count). The molecule has 1 aromatic carbocycles. The first-order chi connectivity index (χ1) is 10.0. The molecule has 4 nitrogen and oxygen atoms in total. The maximum absolute atomic E-state index is 5.84. The molecule has 0 radical (unpaired) electrons. The first kappa shape index (κ1) is 15.3. The molecule has 1 atom stereocenters. The van der Waals surface area contributed by atoms with Gasteiger partial charge in [0.05, 0.1) is 7.11 Å². The minimum absolute atomic E-state index is 0.146. The number of methoxy groups -OCH3 is 1. The fraction of sp³-hybridized carbons (Fsp3) is 0.353. The van der Waals surface area contributed by atoms with Crippen molar-refractivity contribution < 1.29 is 4.74 Å². The van der Waals surface area contributed by atoms with E-state index in [-0.39, 0.29) is 6.04 Å². The van der Waals surface area contributed by atoms with Crippen molar-refractivity contribution in [2.75, 3.05) is 19.1 Å². The van der Waals surface area contributed by atoms with Crippen LogP contribution in [0.2, 0.25) is 0 Å². The fourth-order valence-electron chi connectivity index (χ4n) is 2.40. The van der Waals surface area contributed by atoms with Gasteiger partial charge in [-0.25, -0.2) is 4.98 Å². The first-order valence-electron chi connectivity index (χ1n) is 7.10. The Bertz CT molecular complexity index is 611. The number of hydrogen-bond acceptors (Lipinski definition) is 4. The molecular weight excluding hydrogens is 262 g/mol. The van der Waals surface area contributed by atoms with Crippen molar-refractivity contribution in [1.82, 2.24) is 4.98 Å². The van der Waals surface area contributed by atoms with Crippen LogP contribution in [0, 0.1) is 6.92 Å².